The lowest BCUT2D eigenvalue weighted by Gasteiger charge is -2.35. The van der Waals surface area contributed by atoms with Crippen molar-refractivity contribution < 1.29 is 19.4 Å². The van der Waals surface area contributed by atoms with Crippen LogP contribution < -0.4 is 9.47 Å². The van der Waals surface area contributed by atoms with E-state index in [9.17, 15) is 9.90 Å². The summed E-state index contributed by atoms with van der Waals surface area (Å²) in [7, 11) is 5.15. The van der Waals surface area contributed by atoms with Crippen LogP contribution in [0.4, 0.5) is 0 Å². The van der Waals surface area contributed by atoms with Crippen LogP contribution in [0, 0.1) is 0 Å². The molecule has 1 atom stereocenters. The number of benzene rings is 1. The number of ether oxygens (including phenoxy) is 2. The lowest BCUT2D eigenvalue weighted by molar-refractivity contribution is -0.130. The number of carbonyl (C=O) groups excluding carboxylic acids is 1. The number of carbonyl (C=O) groups is 1. The molecule has 1 saturated heterocycles. The number of para-hydroxylation sites is 2. The van der Waals surface area contributed by atoms with Crippen LogP contribution in [-0.4, -0.2) is 98.9 Å². The van der Waals surface area contributed by atoms with E-state index in [2.05, 4.69) is 9.80 Å². The highest BCUT2D eigenvalue weighted by molar-refractivity contribution is 5.77. The third kappa shape index (κ3) is 6.19. The molecule has 1 amide bonds. The van der Waals surface area contributed by atoms with Crippen LogP contribution in [0.5, 0.6) is 11.5 Å². The van der Waals surface area contributed by atoms with Gasteiger partial charge in [-0.1, -0.05) is 12.1 Å². The number of β-amino-alcohol motifs (C(OH)–C–C–N with tert-alkyl or cyclic N) is 1. The highest BCUT2D eigenvalue weighted by Crippen LogP contribution is 2.25. The molecule has 0 saturated carbocycles. The molecular formula is C18H29N3O4. The van der Waals surface area contributed by atoms with E-state index in [1.807, 2.05) is 24.3 Å². The van der Waals surface area contributed by atoms with Gasteiger partial charge in [0, 0.05) is 46.8 Å². The minimum atomic E-state index is -0.570. The largest absolute Gasteiger partial charge is 0.493 e. The van der Waals surface area contributed by atoms with Gasteiger partial charge in [0.25, 0.3) is 0 Å². The van der Waals surface area contributed by atoms with Crippen molar-refractivity contribution in [3.8, 4) is 11.5 Å². The molecule has 1 aliphatic heterocycles. The molecule has 2 rings (SSSR count). The Balaban J connectivity index is 1.70. The van der Waals surface area contributed by atoms with Crippen LogP contribution in [0.25, 0.3) is 0 Å². The molecular weight excluding hydrogens is 322 g/mol. The molecule has 1 aromatic rings. The van der Waals surface area contributed by atoms with Crippen molar-refractivity contribution in [2.45, 2.75) is 6.10 Å². The normalized spacial score (nSPS) is 17.1. The molecule has 7 nitrogen and oxygen atoms in total. The number of amides is 1. The number of piperazine rings is 1. The smallest absolute Gasteiger partial charge is 0.236 e. The molecule has 7 heteroatoms. The van der Waals surface area contributed by atoms with Gasteiger partial charge < -0.3 is 19.5 Å². The molecule has 140 valence electrons. The Hall–Kier alpha value is -1.83. The second-order valence-corrected chi connectivity index (χ2v) is 6.48. The quantitative estimate of drug-likeness (QED) is 0.719. The lowest BCUT2D eigenvalue weighted by atomic mass is 10.2. The molecule has 0 radical (unpaired) electrons. The maximum atomic E-state index is 11.7. The van der Waals surface area contributed by atoms with Gasteiger partial charge in [0.1, 0.15) is 12.7 Å². The molecule has 1 fully saturated rings. The molecule has 1 N–H and O–H groups in total. The maximum Gasteiger partial charge on any atom is 0.236 e. The zero-order valence-electron chi connectivity index (χ0n) is 15.4. The topological polar surface area (TPSA) is 65.5 Å². The second-order valence-electron chi connectivity index (χ2n) is 6.48. The van der Waals surface area contributed by atoms with Crippen molar-refractivity contribution in [3.63, 3.8) is 0 Å². The average Bonchev–Trinajstić information content (AvgIpc) is 2.61. The zero-order chi connectivity index (χ0) is 18.2. The fraction of sp³-hybridized carbons (Fsp3) is 0.611. The van der Waals surface area contributed by atoms with Crippen LogP contribution in [0.2, 0.25) is 0 Å². The molecule has 0 unspecified atom stereocenters. The number of hydrogen-bond acceptors (Lipinski definition) is 6. The monoisotopic (exact) mass is 351 g/mol. The van der Waals surface area contributed by atoms with Crippen molar-refractivity contribution in [3.05, 3.63) is 24.3 Å². The molecule has 0 aliphatic carbocycles. The Morgan fingerprint density at radius 2 is 1.76 bits per heavy atom. The minimum Gasteiger partial charge on any atom is -0.493 e. The Kier molecular flexibility index (Phi) is 7.49. The zero-order valence-corrected chi connectivity index (χ0v) is 15.4. The molecule has 1 aromatic carbocycles. The Bertz CT molecular complexity index is 545. The number of likely N-dealkylation sites (N-methyl/N-ethyl adjacent to an activating group) is 1. The molecule has 25 heavy (non-hydrogen) atoms. The van der Waals surface area contributed by atoms with E-state index in [0.29, 0.717) is 24.6 Å². The fourth-order valence-corrected chi connectivity index (χ4v) is 2.74. The number of aliphatic hydroxyl groups is 1. The third-order valence-electron chi connectivity index (χ3n) is 4.29. The average molecular weight is 351 g/mol. The lowest BCUT2D eigenvalue weighted by Crippen LogP contribution is -2.51. The summed E-state index contributed by atoms with van der Waals surface area (Å²) in [5.41, 5.74) is 0. The number of nitrogens with zero attached hydrogens (tertiary/aromatic N) is 3. The number of methoxy groups -OCH3 is 1. The number of hydrogen-bond donors (Lipinski definition) is 1. The van der Waals surface area contributed by atoms with Gasteiger partial charge in [0.15, 0.2) is 11.5 Å². The first-order valence-corrected chi connectivity index (χ1v) is 8.58. The van der Waals surface area contributed by atoms with Gasteiger partial charge in [-0.05, 0) is 12.1 Å². The highest BCUT2D eigenvalue weighted by atomic mass is 16.5. The third-order valence-corrected chi connectivity index (χ3v) is 4.29. The molecule has 0 bridgehead atoms. The van der Waals surface area contributed by atoms with Crippen molar-refractivity contribution >= 4 is 5.91 Å². The van der Waals surface area contributed by atoms with Gasteiger partial charge in [-0.3, -0.25) is 14.6 Å². The minimum absolute atomic E-state index is 0.124. The Morgan fingerprint density at radius 3 is 2.36 bits per heavy atom. The summed E-state index contributed by atoms with van der Waals surface area (Å²) in [6, 6.07) is 7.41. The molecule has 1 heterocycles. The summed E-state index contributed by atoms with van der Waals surface area (Å²) < 4.78 is 10.9. The predicted octanol–water partition coefficient (Wildman–Crippen LogP) is 0.141. The van der Waals surface area contributed by atoms with Crippen LogP contribution in [0.15, 0.2) is 24.3 Å². The maximum absolute atomic E-state index is 11.7. The second kappa shape index (κ2) is 9.60. The molecule has 0 spiro atoms. The van der Waals surface area contributed by atoms with Gasteiger partial charge in [0.2, 0.25) is 5.91 Å². The van der Waals surface area contributed by atoms with Gasteiger partial charge >= 0.3 is 0 Å². The summed E-state index contributed by atoms with van der Waals surface area (Å²) in [5, 5.41) is 10.2. The number of rotatable bonds is 8. The van der Waals surface area contributed by atoms with Crippen molar-refractivity contribution in [2.75, 3.05) is 67.1 Å². The highest BCUT2D eigenvalue weighted by Gasteiger charge is 2.21. The van der Waals surface area contributed by atoms with E-state index in [4.69, 9.17) is 9.47 Å². The van der Waals surface area contributed by atoms with Crippen LogP contribution in [0.1, 0.15) is 0 Å². The van der Waals surface area contributed by atoms with Gasteiger partial charge in [-0.25, -0.2) is 0 Å². The predicted molar refractivity (Wildman–Crippen MR) is 96.1 cm³/mol. The van der Waals surface area contributed by atoms with Gasteiger partial charge in [0.05, 0.1) is 13.7 Å². The summed E-state index contributed by atoms with van der Waals surface area (Å²) in [4.78, 5) is 17.7. The van der Waals surface area contributed by atoms with E-state index >= 15 is 0 Å². The summed E-state index contributed by atoms with van der Waals surface area (Å²) in [6.45, 7) is 4.59. The summed E-state index contributed by atoms with van der Waals surface area (Å²) in [5.74, 6) is 1.42. The Morgan fingerprint density at radius 1 is 1.16 bits per heavy atom. The first-order valence-electron chi connectivity index (χ1n) is 8.58. The van der Waals surface area contributed by atoms with E-state index in [0.717, 1.165) is 26.2 Å². The number of aliphatic hydroxyl groups excluding tert-OH is 1. The standard InChI is InChI=1S/C18H29N3O4/c1-19(2)18(23)13-21-10-8-20(9-11-21)12-15(22)14-25-17-7-5-4-6-16(17)24-3/h4-7,15,22H,8-14H2,1-3H3/t15-/m0/s1. The van der Waals surface area contributed by atoms with Gasteiger partial charge in [-0.15, -0.1) is 0 Å². The summed E-state index contributed by atoms with van der Waals surface area (Å²) in [6.07, 6.45) is -0.570. The van der Waals surface area contributed by atoms with Crippen LogP contribution in [-0.2, 0) is 4.79 Å². The van der Waals surface area contributed by atoms with Crippen molar-refractivity contribution in [1.29, 1.82) is 0 Å². The van der Waals surface area contributed by atoms with Crippen LogP contribution in [0.3, 0.4) is 0 Å². The van der Waals surface area contributed by atoms with E-state index in [-0.39, 0.29) is 12.5 Å². The molecule has 1 aliphatic rings. The Labute approximate surface area is 149 Å². The van der Waals surface area contributed by atoms with Crippen molar-refractivity contribution in [1.82, 2.24) is 14.7 Å². The molecule has 0 aromatic heterocycles. The van der Waals surface area contributed by atoms with Crippen LogP contribution >= 0.6 is 0 Å². The first-order chi connectivity index (χ1) is 12.0. The van der Waals surface area contributed by atoms with E-state index < -0.39 is 6.10 Å². The first kappa shape index (κ1) is 19.5. The van der Waals surface area contributed by atoms with Gasteiger partial charge in [-0.2, -0.15) is 0 Å². The summed E-state index contributed by atoms with van der Waals surface area (Å²) >= 11 is 0. The van der Waals surface area contributed by atoms with E-state index in [1.165, 1.54) is 0 Å². The SMILES string of the molecule is COc1ccccc1OC[C@@H](O)CN1CCN(CC(=O)N(C)C)CC1. The van der Waals surface area contributed by atoms with E-state index in [1.54, 1.807) is 26.1 Å². The fourth-order valence-electron chi connectivity index (χ4n) is 2.74. The van der Waals surface area contributed by atoms with Crippen molar-refractivity contribution in [2.24, 2.45) is 0 Å².